The first-order valence-corrected chi connectivity index (χ1v) is 5.91. The second kappa shape index (κ2) is 3.53. The van der Waals surface area contributed by atoms with E-state index in [9.17, 15) is 0 Å². The van der Waals surface area contributed by atoms with Gasteiger partial charge < -0.3 is 10.2 Å². The number of nitrogens with one attached hydrogen (secondary N) is 1. The van der Waals surface area contributed by atoms with Crippen molar-refractivity contribution in [1.29, 1.82) is 0 Å². The molecule has 2 heterocycles. The van der Waals surface area contributed by atoms with E-state index >= 15 is 0 Å². The Balaban J connectivity index is 1.83. The van der Waals surface area contributed by atoms with Crippen LogP contribution in [0, 0.1) is 5.92 Å². The maximum absolute atomic E-state index is 3.36. The first-order chi connectivity index (χ1) is 7.36. The Kier molecular flexibility index (Phi) is 2.17. The highest BCUT2D eigenvalue weighted by molar-refractivity contribution is 5.58. The maximum atomic E-state index is 3.36. The van der Waals surface area contributed by atoms with Crippen LogP contribution in [0.15, 0.2) is 24.3 Å². The van der Waals surface area contributed by atoms with E-state index < -0.39 is 0 Å². The van der Waals surface area contributed by atoms with Gasteiger partial charge in [0.1, 0.15) is 0 Å². The second-order valence-corrected chi connectivity index (χ2v) is 4.73. The van der Waals surface area contributed by atoms with Crippen molar-refractivity contribution in [2.45, 2.75) is 19.4 Å². The molecule has 0 spiro atoms. The molecule has 1 fully saturated rings. The third-order valence-corrected chi connectivity index (χ3v) is 3.91. The zero-order chi connectivity index (χ0) is 10.3. The molecule has 0 saturated carbocycles. The van der Waals surface area contributed by atoms with Crippen LogP contribution in [-0.4, -0.2) is 25.7 Å². The lowest BCUT2D eigenvalue weighted by Gasteiger charge is -2.39. The van der Waals surface area contributed by atoms with Crippen LogP contribution in [-0.2, 0) is 6.42 Å². The molecule has 1 unspecified atom stereocenters. The van der Waals surface area contributed by atoms with Gasteiger partial charge in [0, 0.05) is 37.3 Å². The summed E-state index contributed by atoms with van der Waals surface area (Å²) in [7, 11) is 0. The standard InChI is InChI=1S/C13H18N2/c1-10(12-8-14-9-12)15-7-6-11-4-2-3-5-13(11)15/h2-5,10,12,14H,6-9H2,1H3. The van der Waals surface area contributed by atoms with E-state index in [0.717, 1.165) is 5.92 Å². The Bertz CT molecular complexity index is 357. The highest BCUT2D eigenvalue weighted by Gasteiger charge is 2.31. The molecule has 2 heteroatoms. The van der Waals surface area contributed by atoms with Gasteiger partial charge in [-0.3, -0.25) is 0 Å². The molecule has 0 amide bonds. The van der Waals surface area contributed by atoms with Crippen LogP contribution in [0.2, 0.25) is 0 Å². The third-order valence-electron chi connectivity index (χ3n) is 3.91. The van der Waals surface area contributed by atoms with Crippen LogP contribution < -0.4 is 10.2 Å². The Labute approximate surface area is 91.3 Å². The van der Waals surface area contributed by atoms with Gasteiger partial charge >= 0.3 is 0 Å². The normalized spacial score (nSPS) is 22.3. The van der Waals surface area contributed by atoms with Gasteiger partial charge in [0.15, 0.2) is 0 Å². The maximum Gasteiger partial charge on any atom is 0.0402 e. The monoisotopic (exact) mass is 202 g/mol. The number of fused-ring (bicyclic) bond motifs is 1. The van der Waals surface area contributed by atoms with E-state index in [1.165, 1.54) is 37.3 Å². The van der Waals surface area contributed by atoms with Crippen molar-refractivity contribution in [3.63, 3.8) is 0 Å². The van der Waals surface area contributed by atoms with Crippen molar-refractivity contribution in [3.8, 4) is 0 Å². The second-order valence-electron chi connectivity index (χ2n) is 4.73. The van der Waals surface area contributed by atoms with E-state index in [4.69, 9.17) is 0 Å². The molecule has 15 heavy (non-hydrogen) atoms. The van der Waals surface area contributed by atoms with Crippen molar-refractivity contribution in [1.82, 2.24) is 5.32 Å². The number of benzene rings is 1. The molecule has 2 nitrogen and oxygen atoms in total. The van der Waals surface area contributed by atoms with Gasteiger partial charge in [-0.15, -0.1) is 0 Å². The number of hydrogen-bond donors (Lipinski definition) is 1. The number of hydrogen-bond acceptors (Lipinski definition) is 2. The minimum atomic E-state index is 0.690. The van der Waals surface area contributed by atoms with Crippen molar-refractivity contribution in [2.75, 3.05) is 24.5 Å². The number of para-hydroxylation sites is 1. The van der Waals surface area contributed by atoms with E-state index in [1.807, 2.05) is 0 Å². The summed E-state index contributed by atoms with van der Waals surface area (Å²) >= 11 is 0. The summed E-state index contributed by atoms with van der Waals surface area (Å²) < 4.78 is 0. The SMILES string of the molecule is CC(C1CNC1)N1CCc2ccccc21. The van der Waals surface area contributed by atoms with Crippen molar-refractivity contribution in [2.24, 2.45) is 5.92 Å². The average Bonchev–Trinajstić information content (AvgIpc) is 2.58. The summed E-state index contributed by atoms with van der Waals surface area (Å²) in [5.41, 5.74) is 2.99. The van der Waals surface area contributed by atoms with Gasteiger partial charge in [-0.05, 0) is 25.0 Å². The largest absolute Gasteiger partial charge is 0.368 e. The fraction of sp³-hybridized carbons (Fsp3) is 0.538. The minimum Gasteiger partial charge on any atom is -0.368 e. The van der Waals surface area contributed by atoms with Crippen LogP contribution in [0.1, 0.15) is 12.5 Å². The summed E-state index contributed by atoms with van der Waals surface area (Å²) in [6.45, 7) is 5.96. The first-order valence-electron chi connectivity index (χ1n) is 5.91. The summed E-state index contributed by atoms with van der Waals surface area (Å²) in [6, 6.07) is 9.53. The van der Waals surface area contributed by atoms with Crippen molar-refractivity contribution >= 4 is 5.69 Å². The average molecular weight is 202 g/mol. The lowest BCUT2D eigenvalue weighted by atomic mass is 9.94. The van der Waals surface area contributed by atoms with E-state index in [0.29, 0.717) is 6.04 Å². The lowest BCUT2D eigenvalue weighted by Crippen LogP contribution is -2.53. The van der Waals surface area contributed by atoms with E-state index in [-0.39, 0.29) is 0 Å². The lowest BCUT2D eigenvalue weighted by molar-refractivity contribution is 0.294. The zero-order valence-electron chi connectivity index (χ0n) is 9.24. The molecular weight excluding hydrogens is 184 g/mol. The van der Waals surface area contributed by atoms with Crippen LogP contribution in [0.5, 0.6) is 0 Å². The molecule has 1 aromatic carbocycles. The third kappa shape index (κ3) is 1.44. The van der Waals surface area contributed by atoms with Gasteiger partial charge in [0.05, 0.1) is 0 Å². The molecular formula is C13H18N2. The van der Waals surface area contributed by atoms with E-state index in [2.05, 4.69) is 41.4 Å². The summed E-state index contributed by atoms with van der Waals surface area (Å²) in [5.74, 6) is 0.844. The van der Waals surface area contributed by atoms with Crippen molar-refractivity contribution < 1.29 is 0 Å². The van der Waals surface area contributed by atoms with Crippen molar-refractivity contribution in [3.05, 3.63) is 29.8 Å². The Morgan fingerprint density at radius 3 is 2.87 bits per heavy atom. The molecule has 0 aromatic heterocycles. The van der Waals surface area contributed by atoms with Gasteiger partial charge in [0.25, 0.3) is 0 Å². The van der Waals surface area contributed by atoms with Gasteiger partial charge in [-0.25, -0.2) is 0 Å². The molecule has 1 N–H and O–H groups in total. The van der Waals surface area contributed by atoms with Gasteiger partial charge in [0.2, 0.25) is 0 Å². The van der Waals surface area contributed by atoms with Crippen LogP contribution in [0.25, 0.3) is 0 Å². The molecule has 80 valence electrons. The molecule has 2 aliphatic heterocycles. The first kappa shape index (κ1) is 9.22. The quantitative estimate of drug-likeness (QED) is 0.784. The zero-order valence-corrected chi connectivity index (χ0v) is 9.24. The molecule has 1 saturated heterocycles. The Morgan fingerprint density at radius 1 is 1.33 bits per heavy atom. The van der Waals surface area contributed by atoms with Crippen LogP contribution in [0.3, 0.4) is 0 Å². The molecule has 1 aromatic rings. The van der Waals surface area contributed by atoms with E-state index in [1.54, 1.807) is 0 Å². The highest BCUT2D eigenvalue weighted by atomic mass is 15.2. The minimum absolute atomic E-state index is 0.690. The molecule has 3 rings (SSSR count). The smallest absolute Gasteiger partial charge is 0.0402 e. The molecule has 1 atom stereocenters. The molecule has 2 aliphatic rings. The molecule has 0 radical (unpaired) electrons. The fourth-order valence-corrected chi connectivity index (χ4v) is 2.69. The summed E-state index contributed by atoms with van der Waals surface area (Å²) in [6.07, 6.45) is 1.22. The topological polar surface area (TPSA) is 15.3 Å². The Hall–Kier alpha value is -1.02. The Morgan fingerprint density at radius 2 is 2.13 bits per heavy atom. The summed E-state index contributed by atoms with van der Waals surface area (Å²) in [5, 5.41) is 3.36. The number of anilines is 1. The van der Waals surface area contributed by atoms with Gasteiger partial charge in [-0.2, -0.15) is 0 Å². The van der Waals surface area contributed by atoms with Crippen LogP contribution >= 0.6 is 0 Å². The molecule has 0 aliphatic carbocycles. The highest BCUT2D eigenvalue weighted by Crippen LogP contribution is 2.31. The number of rotatable bonds is 2. The summed E-state index contributed by atoms with van der Waals surface area (Å²) in [4.78, 5) is 2.58. The van der Waals surface area contributed by atoms with Gasteiger partial charge in [-0.1, -0.05) is 18.2 Å². The predicted octanol–water partition coefficient (Wildman–Crippen LogP) is 1.66. The fourth-order valence-electron chi connectivity index (χ4n) is 2.69. The van der Waals surface area contributed by atoms with Crippen LogP contribution in [0.4, 0.5) is 5.69 Å². The predicted molar refractivity (Wildman–Crippen MR) is 63.3 cm³/mol. The molecule has 0 bridgehead atoms. The number of nitrogens with zero attached hydrogens (tertiary/aromatic N) is 1.